The molecule has 3 aromatic rings. The van der Waals surface area contributed by atoms with Gasteiger partial charge in [0, 0.05) is 30.2 Å². The van der Waals surface area contributed by atoms with E-state index < -0.39 is 10.8 Å². The fourth-order valence-electron chi connectivity index (χ4n) is 3.62. The third kappa shape index (κ3) is 4.50. The van der Waals surface area contributed by atoms with Crippen molar-refractivity contribution in [2.45, 2.75) is 19.3 Å². The Hall–Kier alpha value is -3.88. The molecule has 2 heterocycles. The molecule has 0 radical (unpaired) electrons. The number of carbonyl (C=O) groups excluding carboxylic acids is 1. The van der Waals surface area contributed by atoms with Gasteiger partial charge in [-0.15, -0.1) is 0 Å². The molecule has 1 aliphatic heterocycles. The van der Waals surface area contributed by atoms with Crippen LogP contribution in [0.1, 0.15) is 35.4 Å². The van der Waals surface area contributed by atoms with Gasteiger partial charge in [-0.25, -0.2) is 5.43 Å². The summed E-state index contributed by atoms with van der Waals surface area (Å²) in [5.41, 5.74) is 4.56. The molecule has 4 rings (SSSR count). The van der Waals surface area contributed by atoms with Gasteiger partial charge in [-0.2, -0.15) is 5.10 Å². The van der Waals surface area contributed by atoms with Crippen LogP contribution in [0.5, 0.6) is 5.75 Å². The lowest BCUT2D eigenvalue weighted by Crippen LogP contribution is -2.29. The monoisotopic (exact) mass is 422 g/mol. The number of nitrogens with one attached hydrogen (secondary N) is 1. The van der Waals surface area contributed by atoms with Crippen molar-refractivity contribution in [3.63, 3.8) is 0 Å². The van der Waals surface area contributed by atoms with E-state index in [0.717, 1.165) is 18.7 Å². The zero-order chi connectivity index (χ0) is 21.8. The molecule has 9 nitrogen and oxygen atoms in total. The molecule has 1 saturated heterocycles. The number of hydrogen-bond acceptors (Lipinski definition) is 7. The van der Waals surface area contributed by atoms with Gasteiger partial charge in [0.05, 0.1) is 24.3 Å². The second-order valence-electron chi connectivity index (χ2n) is 7.27. The topological polar surface area (TPSA) is 110 Å². The van der Waals surface area contributed by atoms with E-state index in [0.29, 0.717) is 5.39 Å². The predicted molar refractivity (Wildman–Crippen MR) is 117 cm³/mol. The number of hydrazone groups is 1. The molecule has 1 aliphatic rings. The Morgan fingerprint density at radius 3 is 2.61 bits per heavy atom. The highest BCUT2D eigenvalue weighted by atomic mass is 16.6. The molecule has 2 aromatic carbocycles. The normalized spacial score (nSPS) is 14.2. The van der Waals surface area contributed by atoms with Crippen LogP contribution in [-0.4, -0.2) is 37.2 Å². The summed E-state index contributed by atoms with van der Waals surface area (Å²) in [5, 5.41) is 15.4. The van der Waals surface area contributed by atoms with Crippen LogP contribution in [-0.2, 0) is 0 Å². The van der Waals surface area contributed by atoms with Crippen LogP contribution in [0.25, 0.3) is 11.0 Å². The van der Waals surface area contributed by atoms with E-state index in [-0.39, 0.29) is 22.8 Å². The highest BCUT2D eigenvalue weighted by molar-refractivity contribution is 5.98. The zero-order valence-corrected chi connectivity index (χ0v) is 17.0. The molecule has 1 amide bonds. The Bertz CT molecular complexity index is 1130. The maximum atomic E-state index is 12.4. The Morgan fingerprint density at radius 2 is 1.94 bits per heavy atom. The first kappa shape index (κ1) is 20.4. The molecule has 0 bridgehead atoms. The SMILES string of the molecule is COc1cc([N+](=O)[O-])cc2cc(C(=O)N/N=C\c3ccc(N4CCCCC4)cc3)oc12. The molecule has 0 unspecified atom stereocenters. The summed E-state index contributed by atoms with van der Waals surface area (Å²) < 4.78 is 10.7. The molecule has 0 saturated carbocycles. The first-order valence-electron chi connectivity index (χ1n) is 9.99. The summed E-state index contributed by atoms with van der Waals surface area (Å²) in [6, 6.07) is 12.0. The van der Waals surface area contributed by atoms with Gasteiger partial charge in [0.15, 0.2) is 17.1 Å². The summed E-state index contributed by atoms with van der Waals surface area (Å²) in [6.45, 7) is 2.16. The average Bonchev–Trinajstić information content (AvgIpc) is 3.24. The number of non-ortho nitro benzene ring substituents is 1. The number of ether oxygens (including phenoxy) is 1. The van der Waals surface area contributed by atoms with Crippen molar-refractivity contribution in [2.24, 2.45) is 5.10 Å². The van der Waals surface area contributed by atoms with E-state index in [4.69, 9.17) is 9.15 Å². The molecular weight excluding hydrogens is 400 g/mol. The lowest BCUT2D eigenvalue weighted by Gasteiger charge is -2.28. The van der Waals surface area contributed by atoms with E-state index >= 15 is 0 Å². The van der Waals surface area contributed by atoms with Crippen molar-refractivity contribution in [3.8, 4) is 5.75 Å². The van der Waals surface area contributed by atoms with E-state index in [9.17, 15) is 14.9 Å². The van der Waals surface area contributed by atoms with Crippen molar-refractivity contribution in [3.05, 3.63) is 63.9 Å². The average molecular weight is 422 g/mol. The molecule has 9 heteroatoms. The summed E-state index contributed by atoms with van der Waals surface area (Å²) in [4.78, 5) is 25.3. The number of carbonyl (C=O) groups is 1. The van der Waals surface area contributed by atoms with Crippen molar-refractivity contribution >= 4 is 34.5 Å². The quantitative estimate of drug-likeness (QED) is 0.364. The van der Waals surface area contributed by atoms with Gasteiger partial charge in [0.25, 0.3) is 5.69 Å². The van der Waals surface area contributed by atoms with Crippen molar-refractivity contribution in [1.82, 2.24) is 5.43 Å². The molecule has 160 valence electrons. The number of methoxy groups -OCH3 is 1. The second kappa shape index (κ2) is 8.86. The summed E-state index contributed by atoms with van der Waals surface area (Å²) in [6.07, 6.45) is 5.27. The summed E-state index contributed by atoms with van der Waals surface area (Å²) in [5.74, 6) is -0.408. The van der Waals surface area contributed by atoms with Gasteiger partial charge < -0.3 is 14.1 Å². The van der Waals surface area contributed by atoms with E-state index in [1.807, 2.05) is 24.3 Å². The molecule has 31 heavy (non-hydrogen) atoms. The number of nitro groups is 1. The van der Waals surface area contributed by atoms with Crippen molar-refractivity contribution in [1.29, 1.82) is 0 Å². The smallest absolute Gasteiger partial charge is 0.307 e. The Kier molecular flexibility index (Phi) is 5.83. The molecule has 0 atom stereocenters. The molecule has 1 fully saturated rings. The number of furan rings is 1. The van der Waals surface area contributed by atoms with Crippen LogP contribution in [0.3, 0.4) is 0 Å². The van der Waals surface area contributed by atoms with Crippen LogP contribution in [0.4, 0.5) is 11.4 Å². The largest absolute Gasteiger partial charge is 0.493 e. The fourth-order valence-corrected chi connectivity index (χ4v) is 3.62. The number of piperidine rings is 1. The molecule has 1 N–H and O–H groups in total. The van der Waals surface area contributed by atoms with Crippen LogP contribution < -0.4 is 15.1 Å². The first-order chi connectivity index (χ1) is 15.0. The number of anilines is 1. The Balaban J connectivity index is 1.44. The molecule has 0 spiro atoms. The van der Waals surface area contributed by atoms with Crippen LogP contribution in [0.2, 0.25) is 0 Å². The summed E-state index contributed by atoms with van der Waals surface area (Å²) in [7, 11) is 1.38. The van der Waals surface area contributed by atoms with Gasteiger partial charge in [-0.1, -0.05) is 12.1 Å². The van der Waals surface area contributed by atoms with Crippen molar-refractivity contribution < 1.29 is 18.9 Å². The van der Waals surface area contributed by atoms with Crippen molar-refractivity contribution in [2.75, 3.05) is 25.1 Å². The highest BCUT2D eigenvalue weighted by Gasteiger charge is 2.19. The maximum absolute atomic E-state index is 12.4. The Labute approximate surface area is 178 Å². The second-order valence-corrected chi connectivity index (χ2v) is 7.27. The number of benzene rings is 2. The minimum atomic E-state index is -0.568. The number of nitro benzene ring substituents is 1. The fraction of sp³-hybridized carbons (Fsp3) is 0.273. The third-order valence-corrected chi connectivity index (χ3v) is 5.22. The third-order valence-electron chi connectivity index (χ3n) is 5.22. The molecular formula is C22H22N4O5. The lowest BCUT2D eigenvalue weighted by atomic mass is 10.1. The molecule has 0 aliphatic carbocycles. The van der Waals surface area contributed by atoms with Gasteiger partial charge in [0.2, 0.25) is 0 Å². The van der Waals surface area contributed by atoms with Crippen LogP contribution in [0, 0.1) is 10.1 Å². The van der Waals surface area contributed by atoms with Gasteiger partial charge in [0.1, 0.15) is 0 Å². The van der Waals surface area contributed by atoms with E-state index in [1.165, 1.54) is 50.3 Å². The number of nitrogens with zero attached hydrogens (tertiary/aromatic N) is 3. The van der Waals surface area contributed by atoms with Gasteiger partial charge >= 0.3 is 5.91 Å². The minimum absolute atomic E-state index is 0.0219. The first-order valence-corrected chi connectivity index (χ1v) is 9.99. The number of amides is 1. The van der Waals surface area contributed by atoms with E-state index in [1.54, 1.807) is 6.21 Å². The number of hydrogen-bond donors (Lipinski definition) is 1. The minimum Gasteiger partial charge on any atom is -0.493 e. The highest BCUT2D eigenvalue weighted by Crippen LogP contribution is 2.33. The Morgan fingerprint density at radius 1 is 1.19 bits per heavy atom. The summed E-state index contributed by atoms with van der Waals surface area (Å²) >= 11 is 0. The lowest BCUT2D eigenvalue weighted by molar-refractivity contribution is -0.384. The standard InChI is InChI=1S/C22H22N4O5/c1-30-19-13-18(26(28)29)11-16-12-20(31-21(16)19)22(27)24-23-14-15-5-7-17(8-6-15)25-9-3-2-4-10-25/h5-8,11-14H,2-4,9-10H2,1H3,(H,24,27)/b23-14-. The predicted octanol–water partition coefficient (Wildman–Crippen LogP) is 4.10. The van der Waals surface area contributed by atoms with Crippen LogP contribution >= 0.6 is 0 Å². The van der Waals surface area contributed by atoms with Crippen LogP contribution in [0.15, 0.2) is 52.0 Å². The molecule has 1 aromatic heterocycles. The maximum Gasteiger partial charge on any atom is 0.307 e. The number of fused-ring (bicyclic) bond motifs is 1. The van der Waals surface area contributed by atoms with Gasteiger partial charge in [-0.3, -0.25) is 14.9 Å². The zero-order valence-electron chi connectivity index (χ0n) is 17.0. The number of rotatable bonds is 6. The van der Waals surface area contributed by atoms with E-state index in [2.05, 4.69) is 15.4 Å². The van der Waals surface area contributed by atoms with Gasteiger partial charge in [-0.05, 0) is 43.0 Å².